The zero-order valence-corrected chi connectivity index (χ0v) is 22.0. The summed E-state index contributed by atoms with van der Waals surface area (Å²) in [6.07, 6.45) is 1.77. The van der Waals surface area contributed by atoms with Crippen molar-refractivity contribution in [3.05, 3.63) is 82.7 Å². The molecule has 0 aliphatic carbocycles. The molecule has 11 heteroatoms. The summed E-state index contributed by atoms with van der Waals surface area (Å²) in [4.78, 5) is 47.2. The molecule has 0 saturated carbocycles. The highest BCUT2D eigenvalue weighted by Gasteiger charge is 2.26. The predicted molar refractivity (Wildman–Crippen MR) is 147 cm³/mol. The maximum absolute atomic E-state index is 13.1. The number of piperazine rings is 1. The molecule has 9 nitrogen and oxygen atoms in total. The summed E-state index contributed by atoms with van der Waals surface area (Å²) >= 11 is 7.71. The summed E-state index contributed by atoms with van der Waals surface area (Å²) in [5.41, 5.74) is 1.13. The molecule has 4 aromatic rings. The monoisotopic (exact) mass is 551 g/mol. The van der Waals surface area contributed by atoms with Crippen LogP contribution in [-0.4, -0.2) is 66.4 Å². The van der Waals surface area contributed by atoms with E-state index in [1.165, 1.54) is 5.00 Å². The molecule has 1 fully saturated rings. The number of nitrogens with one attached hydrogen (secondary N) is 2. The van der Waals surface area contributed by atoms with Gasteiger partial charge in [-0.1, -0.05) is 17.7 Å². The van der Waals surface area contributed by atoms with Crippen molar-refractivity contribution in [2.75, 3.05) is 37.6 Å². The normalized spacial score (nSPS) is 14.3. The molecule has 0 spiro atoms. The minimum absolute atomic E-state index is 0.0563. The lowest BCUT2D eigenvalue weighted by Crippen LogP contribution is -2.53. The lowest BCUT2D eigenvalue weighted by Gasteiger charge is -2.35. The Bertz CT molecular complexity index is 1420. The second-order valence-corrected chi connectivity index (χ2v) is 10.2. The molecule has 3 amide bonds. The Labute approximate surface area is 228 Å². The Morgan fingerprint density at radius 3 is 2.63 bits per heavy atom. The number of anilines is 1. The molecule has 4 heterocycles. The van der Waals surface area contributed by atoms with E-state index in [1.807, 2.05) is 17.5 Å². The first-order valence-corrected chi connectivity index (χ1v) is 13.5. The van der Waals surface area contributed by atoms with Gasteiger partial charge in [0.05, 0.1) is 11.5 Å². The minimum atomic E-state index is -0.960. The number of aromatic nitrogens is 1. The highest BCUT2D eigenvalue weighted by Crippen LogP contribution is 2.24. The molecule has 0 bridgehead atoms. The standard InChI is InChI=1S/C27H26ClN5O4S/c28-19-6-7-22-18(14-19)15-23(37-22)27(36)31-21(16-20-4-1-2-8-29-20)26(35)30-17-24(34)32-9-11-33(12-10-32)25-5-3-13-38-25/h1-8,13-15,21H,9-12,16-17H2,(H,30,35)(H,31,36)/t21-/m0/s1. The van der Waals surface area contributed by atoms with E-state index in [2.05, 4.69) is 26.6 Å². The summed E-state index contributed by atoms with van der Waals surface area (Å²) in [5.74, 6) is -1.14. The summed E-state index contributed by atoms with van der Waals surface area (Å²) in [6, 6.07) is 15.1. The number of halogens is 1. The molecule has 38 heavy (non-hydrogen) atoms. The third kappa shape index (κ3) is 6.15. The SMILES string of the molecule is O=C(N[C@@H](Cc1ccccn1)C(=O)NCC(=O)N1CCN(c2cccs2)CC1)c1cc2cc(Cl)ccc2o1. The van der Waals surface area contributed by atoms with E-state index in [0.29, 0.717) is 34.8 Å². The van der Waals surface area contributed by atoms with E-state index >= 15 is 0 Å². The smallest absolute Gasteiger partial charge is 0.287 e. The van der Waals surface area contributed by atoms with Crippen LogP contribution in [0.2, 0.25) is 5.02 Å². The van der Waals surface area contributed by atoms with Crippen molar-refractivity contribution in [2.24, 2.45) is 0 Å². The third-order valence-corrected chi connectivity index (χ3v) is 7.49. The Hall–Kier alpha value is -3.89. The van der Waals surface area contributed by atoms with Crippen molar-refractivity contribution in [1.82, 2.24) is 20.5 Å². The molecule has 2 N–H and O–H groups in total. The number of rotatable bonds is 8. The van der Waals surface area contributed by atoms with Gasteiger partial charge in [-0.2, -0.15) is 0 Å². The van der Waals surface area contributed by atoms with Crippen LogP contribution in [0.4, 0.5) is 5.00 Å². The van der Waals surface area contributed by atoms with Gasteiger partial charge in [0.25, 0.3) is 5.91 Å². The van der Waals surface area contributed by atoms with Crippen molar-refractivity contribution in [3.8, 4) is 0 Å². The molecular formula is C27H26ClN5O4S. The molecule has 1 atom stereocenters. The largest absolute Gasteiger partial charge is 0.451 e. The Morgan fingerprint density at radius 1 is 1.05 bits per heavy atom. The first kappa shape index (κ1) is 25.7. The van der Waals surface area contributed by atoms with E-state index in [1.54, 1.807) is 58.8 Å². The first-order valence-electron chi connectivity index (χ1n) is 12.2. The topological polar surface area (TPSA) is 108 Å². The number of nitrogens with zero attached hydrogens (tertiary/aromatic N) is 3. The number of carbonyl (C=O) groups excluding carboxylic acids is 3. The van der Waals surface area contributed by atoms with Crippen LogP contribution in [0.15, 0.2) is 70.6 Å². The molecule has 3 aromatic heterocycles. The fourth-order valence-electron chi connectivity index (χ4n) is 4.32. The van der Waals surface area contributed by atoms with Gasteiger partial charge in [-0.05, 0) is 53.9 Å². The zero-order valence-electron chi connectivity index (χ0n) is 20.4. The molecule has 5 rings (SSSR count). The van der Waals surface area contributed by atoms with Gasteiger partial charge < -0.3 is 24.9 Å². The maximum Gasteiger partial charge on any atom is 0.287 e. The highest BCUT2D eigenvalue weighted by atomic mass is 35.5. The van der Waals surface area contributed by atoms with Gasteiger partial charge in [-0.3, -0.25) is 19.4 Å². The lowest BCUT2D eigenvalue weighted by atomic mass is 10.1. The molecular weight excluding hydrogens is 526 g/mol. The molecule has 1 aromatic carbocycles. The average molecular weight is 552 g/mol. The lowest BCUT2D eigenvalue weighted by molar-refractivity contribution is -0.133. The van der Waals surface area contributed by atoms with Gasteiger partial charge in [0.1, 0.15) is 11.6 Å². The van der Waals surface area contributed by atoms with Gasteiger partial charge in [0.2, 0.25) is 11.8 Å². The van der Waals surface area contributed by atoms with E-state index in [9.17, 15) is 14.4 Å². The fraction of sp³-hybridized carbons (Fsp3) is 0.259. The van der Waals surface area contributed by atoms with Gasteiger partial charge >= 0.3 is 0 Å². The first-order chi connectivity index (χ1) is 18.5. The summed E-state index contributed by atoms with van der Waals surface area (Å²) in [5, 5.41) is 9.85. The van der Waals surface area contributed by atoms with E-state index in [-0.39, 0.29) is 24.6 Å². The van der Waals surface area contributed by atoms with Gasteiger partial charge in [0.15, 0.2) is 5.76 Å². The number of amides is 3. The summed E-state index contributed by atoms with van der Waals surface area (Å²) in [6.45, 7) is 2.48. The molecule has 0 radical (unpaired) electrons. The van der Waals surface area contributed by atoms with Gasteiger partial charge in [-0.25, -0.2) is 0 Å². The predicted octanol–water partition coefficient (Wildman–Crippen LogP) is 3.35. The van der Waals surface area contributed by atoms with Crippen LogP contribution in [0, 0.1) is 0 Å². The van der Waals surface area contributed by atoms with Crippen LogP contribution in [0.5, 0.6) is 0 Å². The van der Waals surface area contributed by atoms with E-state index < -0.39 is 17.9 Å². The molecule has 1 saturated heterocycles. The van der Waals surface area contributed by atoms with Crippen molar-refractivity contribution in [1.29, 1.82) is 0 Å². The Morgan fingerprint density at radius 2 is 1.89 bits per heavy atom. The number of furan rings is 1. The number of fused-ring (bicyclic) bond motifs is 1. The molecule has 0 unspecified atom stereocenters. The van der Waals surface area contributed by atoms with Gasteiger partial charge in [0, 0.05) is 54.9 Å². The minimum Gasteiger partial charge on any atom is -0.451 e. The zero-order chi connectivity index (χ0) is 26.5. The number of pyridine rings is 1. The van der Waals surface area contributed by atoms with Crippen molar-refractivity contribution in [2.45, 2.75) is 12.5 Å². The Kier molecular flexibility index (Phi) is 7.90. The maximum atomic E-state index is 13.1. The van der Waals surface area contributed by atoms with Crippen LogP contribution in [-0.2, 0) is 16.0 Å². The van der Waals surface area contributed by atoms with Crippen LogP contribution in [0.3, 0.4) is 0 Å². The second kappa shape index (κ2) is 11.7. The van der Waals surface area contributed by atoms with Crippen molar-refractivity contribution < 1.29 is 18.8 Å². The summed E-state index contributed by atoms with van der Waals surface area (Å²) in [7, 11) is 0. The Balaban J connectivity index is 1.21. The van der Waals surface area contributed by atoms with Crippen molar-refractivity contribution >= 4 is 56.6 Å². The number of carbonyl (C=O) groups is 3. The molecule has 196 valence electrons. The molecule has 1 aliphatic rings. The van der Waals surface area contributed by atoms with Gasteiger partial charge in [-0.15, -0.1) is 11.3 Å². The number of hydrogen-bond acceptors (Lipinski definition) is 7. The molecule has 1 aliphatic heterocycles. The quantitative estimate of drug-likeness (QED) is 0.348. The van der Waals surface area contributed by atoms with E-state index in [4.69, 9.17) is 16.0 Å². The fourth-order valence-corrected chi connectivity index (χ4v) is 5.28. The van der Waals surface area contributed by atoms with Crippen LogP contribution < -0.4 is 15.5 Å². The highest BCUT2D eigenvalue weighted by molar-refractivity contribution is 7.14. The second-order valence-electron chi connectivity index (χ2n) is 8.88. The van der Waals surface area contributed by atoms with Crippen LogP contribution in [0.25, 0.3) is 11.0 Å². The summed E-state index contributed by atoms with van der Waals surface area (Å²) < 4.78 is 5.65. The van der Waals surface area contributed by atoms with E-state index in [0.717, 1.165) is 13.1 Å². The van der Waals surface area contributed by atoms with Crippen molar-refractivity contribution in [3.63, 3.8) is 0 Å². The van der Waals surface area contributed by atoms with Crippen LogP contribution >= 0.6 is 22.9 Å². The van der Waals surface area contributed by atoms with Crippen LogP contribution in [0.1, 0.15) is 16.2 Å². The number of hydrogen-bond donors (Lipinski definition) is 2. The third-order valence-electron chi connectivity index (χ3n) is 6.33. The number of benzene rings is 1. The average Bonchev–Trinajstić information content (AvgIpc) is 3.62. The number of thiophene rings is 1.